The van der Waals surface area contributed by atoms with Gasteiger partial charge in [0.1, 0.15) is 40.7 Å². The number of hydrogen-bond donors (Lipinski definition) is 0. The molecule has 76 heavy (non-hydrogen) atoms. The first-order chi connectivity index (χ1) is 36.1. The van der Waals surface area contributed by atoms with Gasteiger partial charge in [-0.05, 0) is 123 Å². The predicted octanol–water partition coefficient (Wildman–Crippen LogP) is 13.6. The molecule has 0 fully saturated rings. The number of aromatic nitrogens is 4. The first-order valence-electron chi connectivity index (χ1n) is 25.1. The monoisotopic (exact) mass is 1090 g/mol. The normalized spacial score (nSPS) is 12.3. The molecule has 1 atom stereocenters. The van der Waals surface area contributed by atoms with Crippen LogP contribution in [0.25, 0.3) is 43.2 Å². The fourth-order valence-corrected chi connectivity index (χ4v) is 10.3. The van der Waals surface area contributed by atoms with Crippen molar-refractivity contribution in [3.8, 4) is 50.3 Å². The smallest absolute Gasteiger partial charge is 0.410 e. The Morgan fingerprint density at radius 3 is 2.32 bits per heavy atom. The number of rotatable bonds is 21. The third-order valence-corrected chi connectivity index (χ3v) is 19.2. The summed E-state index contributed by atoms with van der Waals surface area (Å²) in [6.45, 7) is 21.2. The number of ether oxygens (including phenoxy) is 6. The van der Waals surface area contributed by atoms with Gasteiger partial charge in [0.25, 0.3) is 0 Å². The Balaban J connectivity index is 1.32. The second kappa shape index (κ2) is 24.7. The number of carbonyl (C=O) groups excluding carboxylic acids is 2. The highest BCUT2D eigenvalue weighted by Crippen LogP contribution is 2.49. The lowest BCUT2D eigenvalue weighted by Crippen LogP contribution is -2.40. The van der Waals surface area contributed by atoms with Gasteiger partial charge in [0.2, 0.25) is 12.0 Å². The molecule has 0 unspecified atom stereocenters. The van der Waals surface area contributed by atoms with Crippen LogP contribution in [0.2, 0.25) is 23.2 Å². The molecule has 7 aromatic rings. The molecule has 7 rings (SSSR count). The third kappa shape index (κ3) is 13.9. The average Bonchev–Trinajstić information content (AvgIpc) is 3.78. The van der Waals surface area contributed by atoms with Gasteiger partial charge in [-0.2, -0.15) is 0 Å². The topological polar surface area (TPSA) is 154 Å². The maximum Gasteiger partial charge on any atom is 0.410 e. The number of esters is 1. The molecule has 0 saturated carbocycles. The summed E-state index contributed by atoms with van der Waals surface area (Å²) in [5, 5.41) is 1.06. The molecule has 3 heterocycles. The van der Waals surface area contributed by atoms with Crippen molar-refractivity contribution in [1.82, 2.24) is 24.8 Å². The van der Waals surface area contributed by atoms with E-state index in [0.717, 1.165) is 27.1 Å². The third-order valence-electron chi connectivity index (χ3n) is 13.1. The molecule has 3 aromatic heterocycles. The molecular formula is C58H67ClFN5O9SSi. The fourth-order valence-electron chi connectivity index (χ4n) is 8.00. The van der Waals surface area contributed by atoms with Crippen molar-refractivity contribution < 1.29 is 46.8 Å². The zero-order valence-electron chi connectivity index (χ0n) is 45.3. The quantitative estimate of drug-likeness (QED) is 0.0496. The van der Waals surface area contributed by atoms with Gasteiger partial charge in [-0.1, -0.05) is 80.9 Å². The first-order valence-corrected chi connectivity index (χ1v) is 29.2. The number of amides is 1. The zero-order valence-corrected chi connectivity index (χ0v) is 47.9. The molecule has 0 N–H and O–H groups in total. The van der Waals surface area contributed by atoms with Crippen LogP contribution in [0.5, 0.6) is 17.4 Å². The van der Waals surface area contributed by atoms with Gasteiger partial charge < -0.3 is 37.7 Å². The number of benzene rings is 4. The van der Waals surface area contributed by atoms with Crippen molar-refractivity contribution >= 4 is 53.5 Å². The average molecular weight is 1090 g/mol. The van der Waals surface area contributed by atoms with Crippen LogP contribution >= 0.6 is 22.9 Å². The predicted molar refractivity (Wildman–Crippen MR) is 298 cm³/mol. The van der Waals surface area contributed by atoms with Crippen molar-refractivity contribution in [2.75, 3.05) is 34.0 Å². The van der Waals surface area contributed by atoms with Gasteiger partial charge in [-0.15, -0.1) is 11.3 Å². The SMILES string of the molecule is CCOC(=O)[C@@H](Cc1cc(CN(CCOC)C(=O)OC(C)(C)C)ccc1OCc1ccnc(-c2ccccc2OC)n1)Oc1ncnc2sc(-c3ccc(F)cc3)c(-c3ccc(CO[Si](C)(C)C(C)(C)C)c(Cl)c3C)c12. The zero-order chi connectivity index (χ0) is 55.0. The van der Waals surface area contributed by atoms with Crippen LogP contribution in [-0.2, 0) is 49.6 Å². The minimum absolute atomic E-state index is 0.00335. The van der Waals surface area contributed by atoms with Crippen molar-refractivity contribution in [3.63, 3.8) is 0 Å². The Kier molecular flexibility index (Phi) is 18.6. The Hall–Kier alpha value is -6.50. The summed E-state index contributed by atoms with van der Waals surface area (Å²) in [5.41, 5.74) is 5.65. The summed E-state index contributed by atoms with van der Waals surface area (Å²) >= 11 is 8.65. The number of methoxy groups -OCH3 is 2. The Morgan fingerprint density at radius 1 is 0.868 bits per heavy atom. The number of nitrogens with zero attached hydrogens (tertiary/aromatic N) is 5. The summed E-state index contributed by atoms with van der Waals surface area (Å²) in [6.07, 6.45) is 1.18. The number of halogens is 2. The molecule has 0 aliphatic heterocycles. The van der Waals surface area contributed by atoms with Crippen LogP contribution < -0.4 is 14.2 Å². The molecule has 4 aromatic carbocycles. The molecule has 0 bridgehead atoms. The maximum atomic E-state index is 14.5. The molecule has 1 amide bonds. The lowest BCUT2D eigenvalue weighted by molar-refractivity contribution is -0.151. The lowest BCUT2D eigenvalue weighted by atomic mass is 9.94. The summed E-state index contributed by atoms with van der Waals surface area (Å²) in [4.78, 5) is 49.5. The molecule has 18 heteroatoms. The van der Waals surface area contributed by atoms with E-state index in [4.69, 9.17) is 59.4 Å². The van der Waals surface area contributed by atoms with E-state index in [-0.39, 0.29) is 56.1 Å². The summed E-state index contributed by atoms with van der Waals surface area (Å²) in [5.74, 6) is 0.578. The molecular weight excluding hydrogens is 1030 g/mol. The number of para-hydroxylation sites is 1. The fraction of sp³-hybridized carbons (Fsp3) is 0.379. The molecule has 0 spiro atoms. The second-order valence-electron chi connectivity index (χ2n) is 20.7. The van der Waals surface area contributed by atoms with Gasteiger partial charge in [-0.25, -0.2) is 33.9 Å². The molecule has 0 aliphatic carbocycles. The minimum atomic E-state index is -2.13. The maximum absolute atomic E-state index is 14.5. The van der Waals surface area contributed by atoms with Gasteiger partial charge in [-0.3, -0.25) is 0 Å². The van der Waals surface area contributed by atoms with Crippen LogP contribution in [-0.4, -0.2) is 90.9 Å². The van der Waals surface area contributed by atoms with E-state index >= 15 is 0 Å². The van der Waals surface area contributed by atoms with Crippen LogP contribution in [0, 0.1) is 12.7 Å². The first kappa shape index (κ1) is 57.2. The lowest BCUT2D eigenvalue weighted by Gasteiger charge is -2.36. The van der Waals surface area contributed by atoms with Gasteiger partial charge in [0.15, 0.2) is 14.1 Å². The highest BCUT2D eigenvalue weighted by atomic mass is 35.5. The van der Waals surface area contributed by atoms with E-state index in [1.165, 1.54) is 29.8 Å². The largest absolute Gasteiger partial charge is 0.496 e. The van der Waals surface area contributed by atoms with Crippen molar-refractivity contribution in [2.45, 2.75) is 111 Å². The second-order valence-corrected chi connectivity index (χ2v) is 26.9. The highest BCUT2D eigenvalue weighted by molar-refractivity contribution is 7.22. The number of fused-ring (bicyclic) bond motifs is 1. The molecule has 0 saturated heterocycles. The van der Waals surface area contributed by atoms with Crippen LogP contribution in [0.1, 0.15) is 76.4 Å². The van der Waals surface area contributed by atoms with E-state index in [9.17, 15) is 14.0 Å². The van der Waals surface area contributed by atoms with E-state index < -0.39 is 32.1 Å². The standard InChI is InChI=1S/C58H67ClFN5O9SSi/c1-13-70-55(66)47(73-53-49-48(51(75-54(49)63-35-62-53)38-19-22-41(60)23-20-38)43-24-21-39(50(59)36(43)2)33-72-76(11,12)58(6,7)8)31-40-30-37(32-65(28-29-68-9)56(67)74-57(3,4)5)18-25-45(40)71-34-42-26-27-61-52(64-42)44-16-14-15-17-46(44)69-10/h14-27,30,35,47H,13,28-29,31-34H2,1-12H3/t47-/m1/s1. The van der Waals surface area contributed by atoms with Crippen LogP contribution in [0.3, 0.4) is 0 Å². The van der Waals surface area contributed by atoms with Crippen LogP contribution in [0.15, 0.2) is 97.5 Å². The molecule has 0 aliphatic rings. The summed E-state index contributed by atoms with van der Waals surface area (Å²) in [6, 6.07) is 25.0. The van der Waals surface area contributed by atoms with E-state index in [1.807, 2.05) is 76.2 Å². The highest BCUT2D eigenvalue weighted by Gasteiger charge is 2.37. The van der Waals surface area contributed by atoms with Crippen LogP contribution in [0.4, 0.5) is 9.18 Å². The van der Waals surface area contributed by atoms with E-state index in [1.54, 1.807) is 56.5 Å². The van der Waals surface area contributed by atoms with Gasteiger partial charge in [0, 0.05) is 48.3 Å². The number of hydrogen-bond acceptors (Lipinski definition) is 14. The Labute approximate surface area is 455 Å². The van der Waals surface area contributed by atoms with Gasteiger partial charge in [0.05, 0.1) is 43.6 Å². The van der Waals surface area contributed by atoms with Crippen molar-refractivity contribution in [1.29, 1.82) is 0 Å². The summed E-state index contributed by atoms with van der Waals surface area (Å²) < 4.78 is 57.0. The van der Waals surface area contributed by atoms with E-state index in [2.05, 4.69) is 38.8 Å². The van der Waals surface area contributed by atoms with Crippen molar-refractivity contribution in [3.05, 3.63) is 136 Å². The Bertz CT molecular complexity index is 3160. The number of thiophene rings is 1. The summed E-state index contributed by atoms with van der Waals surface area (Å²) in [7, 11) is 1.03. The molecule has 0 radical (unpaired) electrons. The van der Waals surface area contributed by atoms with Crippen molar-refractivity contribution in [2.24, 2.45) is 0 Å². The molecule has 14 nitrogen and oxygen atoms in total. The minimum Gasteiger partial charge on any atom is -0.496 e. The number of carbonyl (C=O) groups is 2. The Morgan fingerprint density at radius 2 is 1.62 bits per heavy atom. The van der Waals surface area contributed by atoms with Gasteiger partial charge >= 0.3 is 12.1 Å². The van der Waals surface area contributed by atoms with E-state index in [0.29, 0.717) is 67.1 Å². The molecule has 402 valence electrons.